The molecule has 0 radical (unpaired) electrons. The van der Waals surface area contributed by atoms with Gasteiger partial charge in [-0.05, 0) is 36.6 Å². The van der Waals surface area contributed by atoms with Gasteiger partial charge in [-0.15, -0.1) is 0 Å². The summed E-state index contributed by atoms with van der Waals surface area (Å²) in [5, 5.41) is 2.92. The Balaban J connectivity index is 1.86. The summed E-state index contributed by atoms with van der Waals surface area (Å²) in [6, 6.07) is 8.24. The van der Waals surface area contributed by atoms with Gasteiger partial charge in [0.1, 0.15) is 5.82 Å². The Kier molecular flexibility index (Phi) is 2.99. The Morgan fingerprint density at radius 3 is 2.58 bits per heavy atom. The molecule has 0 aliphatic heterocycles. The van der Waals surface area contributed by atoms with Crippen LogP contribution in [0.4, 0.5) is 4.39 Å². The minimum absolute atomic E-state index is 0.0982. The van der Waals surface area contributed by atoms with Crippen molar-refractivity contribution in [3.63, 3.8) is 0 Å². The van der Waals surface area contributed by atoms with Gasteiger partial charge in [0, 0.05) is 24.0 Å². The highest BCUT2D eigenvalue weighted by Crippen LogP contribution is 2.22. The van der Waals surface area contributed by atoms with Crippen LogP contribution in [-0.4, -0.2) is 16.9 Å². The predicted octanol–water partition coefficient (Wildman–Crippen LogP) is 2.78. The number of amides is 1. The van der Waals surface area contributed by atoms with E-state index in [-0.39, 0.29) is 11.7 Å². The lowest BCUT2D eigenvalue weighted by Gasteiger charge is -2.05. The average Bonchev–Trinajstić information content (AvgIpc) is 3.24. The minimum atomic E-state index is -0.278. The van der Waals surface area contributed by atoms with Crippen molar-refractivity contribution in [1.29, 1.82) is 0 Å². The molecule has 0 atom stereocenters. The quantitative estimate of drug-likeness (QED) is 0.917. The molecule has 1 fully saturated rings. The van der Waals surface area contributed by atoms with Crippen molar-refractivity contribution in [2.24, 2.45) is 0 Å². The number of carbonyl (C=O) groups is 1. The van der Waals surface area contributed by atoms with Crippen molar-refractivity contribution in [1.82, 2.24) is 10.3 Å². The molecule has 0 unspecified atom stereocenters. The molecule has 0 spiro atoms. The Bertz CT molecular complexity index is 606. The van der Waals surface area contributed by atoms with Crippen LogP contribution in [0.1, 0.15) is 23.2 Å². The Hall–Kier alpha value is -2.23. The molecule has 1 amide bonds. The summed E-state index contributed by atoms with van der Waals surface area (Å²) < 4.78 is 12.9. The van der Waals surface area contributed by atoms with Crippen LogP contribution in [-0.2, 0) is 0 Å². The van der Waals surface area contributed by atoms with Crippen molar-refractivity contribution in [3.8, 4) is 11.1 Å². The Labute approximate surface area is 110 Å². The molecule has 1 aromatic carbocycles. The molecule has 1 saturated carbocycles. The first-order valence-electron chi connectivity index (χ1n) is 6.24. The fourth-order valence-electron chi connectivity index (χ4n) is 1.86. The number of rotatable bonds is 3. The lowest BCUT2D eigenvalue weighted by Crippen LogP contribution is -2.25. The zero-order valence-corrected chi connectivity index (χ0v) is 10.3. The van der Waals surface area contributed by atoms with Crippen LogP contribution >= 0.6 is 0 Å². The predicted molar refractivity (Wildman–Crippen MR) is 70.1 cm³/mol. The summed E-state index contributed by atoms with van der Waals surface area (Å²) in [6.45, 7) is 0. The van der Waals surface area contributed by atoms with Gasteiger partial charge in [0.2, 0.25) is 0 Å². The molecule has 0 bridgehead atoms. The molecular formula is C15H13FN2O. The average molecular weight is 256 g/mol. The largest absolute Gasteiger partial charge is 0.349 e. The monoisotopic (exact) mass is 256 g/mol. The zero-order valence-electron chi connectivity index (χ0n) is 10.3. The molecule has 1 heterocycles. The minimum Gasteiger partial charge on any atom is -0.349 e. The van der Waals surface area contributed by atoms with Crippen LogP contribution in [0.2, 0.25) is 0 Å². The van der Waals surface area contributed by atoms with Gasteiger partial charge in [-0.2, -0.15) is 0 Å². The van der Waals surface area contributed by atoms with Gasteiger partial charge in [0.05, 0.1) is 5.56 Å². The summed E-state index contributed by atoms with van der Waals surface area (Å²) in [4.78, 5) is 16.0. The third kappa shape index (κ3) is 2.78. The summed E-state index contributed by atoms with van der Waals surface area (Å²) >= 11 is 0. The lowest BCUT2D eigenvalue weighted by molar-refractivity contribution is 0.0951. The van der Waals surface area contributed by atoms with Crippen molar-refractivity contribution in [2.45, 2.75) is 18.9 Å². The van der Waals surface area contributed by atoms with Crippen molar-refractivity contribution in [3.05, 3.63) is 54.1 Å². The molecular weight excluding hydrogens is 243 g/mol. The molecule has 1 aromatic heterocycles. The number of nitrogens with zero attached hydrogens (tertiary/aromatic N) is 1. The topological polar surface area (TPSA) is 42.0 Å². The highest BCUT2D eigenvalue weighted by Gasteiger charge is 2.23. The molecule has 96 valence electrons. The highest BCUT2D eigenvalue weighted by molar-refractivity contribution is 5.95. The maximum Gasteiger partial charge on any atom is 0.253 e. The van der Waals surface area contributed by atoms with Gasteiger partial charge < -0.3 is 5.32 Å². The third-order valence-electron chi connectivity index (χ3n) is 3.09. The van der Waals surface area contributed by atoms with Crippen LogP contribution < -0.4 is 5.32 Å². The highest BCUT2D eigenvalue weighted by atomic mass is 19.1. The fourth-order valence-corrected chi connectivity index (χ4v) is 1.86. The number of carbonyl (C=O) groups excluding carboxylic acids is 1. The van der Waals surface area contributed by atoms with Crippen LogP contribution in [0.25, 0.3) is 11.1 Å². The van der Waals surface area contributed by atoms with Gasteiger partial charge in [-0.25, -0.2) is 4.39 Å². The molecule has 0 saturated heterocycles. The molecule has 3 nitrogen and oxygen atoms in total. The zero-order chi connectivity index (χ0) is 13.2. The van der Waals surface area contributed by atoms with E-state index in [0.717, 1.165) is 24.0 Å². The van der Waals surface area contributed by atoms with Crippen LogP contribution in [0.3, 0.4) is 0 Å². The summed E-state index contributed by atoms with van der Waals surface area (Å²) in [5.41, 5.74) is 2.19. The van der Waals surface area contributed by atoms with E-state index in [1.165, 1.54) is 12.1 Å². The molecule has 1 aliphatic carbocycles. The second-order valence-electron chi connectivity index (χ2n) is 4.72. The van der Waals surface area contributed by atoms with Crippen molar-refractivity contribution < 1.29 is 9.18 Å². The smallest absolute Gasteiger partial charge is 0.253 e. The number of nitrogens with one attached hydrogen (secondary N) is 1. The normalized spacial score (nSPS) is 14.2. The van der Waals surface area contributed by atoms with Gasteiger partial charge in [-0.3, -0.25) is 9.78 Å². The summed E-state index contributed by atoms with van der Waals surface area (Å²) in [6.07, 6.45) is 5.32. The third-order valence-corrected chi connectivity index (χ3v) is 3.09. The standard InChI is InChI=1S/C15H13FN2O/c16-13-3-1-10(2-4-13)11-7-12(9-17-8-11)15(19)18-14-5-6-14/h1-4,7-9,14H,5-6H2,(H,18,19). The van der Waals surface area contributed by atoms with Crippen LogP contribution in [0.15, 0.2) is 42.7 Å². The van der Waals surface area contributed by atoms with E-state index in [1.54, 1.807) is 30.6 Å². The fraction of sp³-hybridized carbons (Fsp3) is 0.200. The van der Waals surface area contributed by atoms with Gasteiger partial charge in [-0.1, -0.05) is 12.1 Å². The summed E-state index contributed by atoms with van der Waals surface area (Å²) in [5.74, 6) is -0.377. The first kappa shape index (κ1) is 11.8. The van der Waals surface area contributed by atoms with Crippen molar-refractivity contribution in [2.75, 3.05) is 0 Å². The Morgan fingerprint density at radius 2 is 1.89 bits per heavy atom. The molecule has 1 aliphatic rings. The second-order valence-corrected chi connectivity index (χ2v) is 4.72. The number of pyridine rings is 1. The van der Waals surface area contributed by atoms with Gasteiger partial charge >= 0.3 is 0 Å². The van der Waals surface area contributed by atoms with E-state index in [2.05, 4.69) is 10.3 Å². The second kappa shape index (κ2) is 4.80. The van der Waals surface area contributed by atoms with Crippen LogP contribution in [0.5, 0.6) is 0 Å². The van der Waals surface area contributed by atoms with E-state index in [4.69, 9.17) is 0 Å². The maximum atomic E-state index is 12.9. The number of halogens is 1. The van der Waals surface area contributed by atoms with E-state index < -0.39 is 0 Å². The first-order valence-corrected chi connectivity index (χ1v) is 6.24. The summed E-state index contributed by atoms with van der Waals surface area (Å²) in [7, 11) is 0. The number of benzene rings is 1. The first-order chi connectivity index (χ1) is 9.22. The number of hydrogen-bond acceptors (Lipinski definition) is 2. The maximum absolute atomic E-state index is 12.9. The van der Waals surface area contributed by atoms with Crippen molar-refractivity contribution >= 4 is 5.91 Å². The van der Waals surface area contributed by atoms with E-state index in [1.807, 2.05) is 0 Å². The van der Waals surface area contributed by atoms with E-state index >= 15 is 0 Å². The molecule has 19 heavy (non-hydrogen) atoms. The molecule has 2 aromatic rings. The number of hydrogen-bond donors (Lipinski definition) is 1. The number of aromatic nitrogens is 1. The molecule has 3 rings (SSSR count). The Morgan fingerprint density at radius 1 is 1.16 bits per heavy atom. The van der Waals surface area contributed by atoms with Crippen LogP contribution in [0, 0.1) is 5.82 Å². The van der Waals surface area contributed by atoms with Gasteiger partial charge in [0.15, 0.2) is 0 Å². The molecule has 4 heteroatoms. The molecule has 1 N–H and O–H groups in total. The van der Waals surface area contributed by atoms with E-state index in [9.17, 15) is 9.18 Å². The van der Waals surface area contributed by atoms with E-state index in [0.29, 0.717) is 11.6 Å². The SMILES string of the molecule is O=C(NC1CC1)c1cncc(-c2ccc(F)cc2)c1. The lowest BCUT2D eigenvalue weighted by atomic mass is 10.1. The van der Waals surface area contributed by atoms with Gasteiger partial charge in [0.25, 0.3) is 5.91 Å².